The van der Waals surface area contributed by atoms with Gasteiger partial charge in [0.2, 0.25) is 5.91 Å². The molecule has 2 unspecified atom stereocenters. The molecule has 0 fully saturated rings. The van der Waals surface area contributed by atoms with Gasteiger partial charge in [0, 0.05) is 23.9 Å². The number of rotatable bonds is 2. The summed E-state index contributed by atoms with van der Waals surface area (Å²) < 4.78 is 12.2. The third kappa shape index (κ3) is 2.48. The zero-order chi connectivity index (χ0) is 15.1. The van der Waals surface area contributed by atoms with Gasteiger partial charge >= 0.3 is 0 Å². The fourth-order valence-corrected chi connectivity index (χ4v) is 4.25. The molecule has 0 aliphatic carbocycles. The number of carbonyl (C=O) groups is 1. The highest BCUT2D eigenvalue weighted by Gasteiger charge is 2.29. The summed E-state index contributed by atoms with van der Waals surface area (Å²) in [7, 11) is -0.960. The zero-order valence-electron chi connectivity index (χ0n) is 12.4. The Morgan fingerprint density at radius 2 is 2.19 bits per heavy atom. The van der Waals surface area contributed by atoms with Crippen LogP contribution in [-0.2, 0) is 15.6 Å². The Bertz CT molecular complexity index is 654. The molecule has 6 heteroatoms. The van der Waals surface area contributed by atoms with Crippen molar-refractivity contribution in [2.75, 3.05) is 10.8 Å². The summed E-state index contributed by atoms with van der Waals surface area (Å²) in [5.74, 6) is 0.600. The number of benzene rings is 1. The first-order valence-electron chi connectivity index (χ1n) is 7.13. The molecule has 0 radical (unpaired) electrons. The van der Waals surface area contributed by atoms with Gasteiger partial charge in [0.15, 0.2) is 0 Å². The number of hydrogen-bond donors (Lipinski definition) is 1. The Kier molecular flexibility index (Phi) is 3.57. The zero-order valence-corrected chi connectivity index (χ0v) is 13.2. The van der Waals surface area contributed by atoms with Gasteiger partial charge in [-0.05, 0) is 26.0 Å². The van der Waals surface area contributed by atoms with Crippen LogP contribution in [0.25, 0.3) is 0 Å². The fraction of sp³-hybridized carbons (Fsp3) is 0.467. The predicted octanol–water partition coefficient (Wildman–Crippen LogP) is 1.84. The van der Waals surface area contributed by atoms with Gasteiger partial charge in [0.05, 0.1) is 33.0 Å². The van der Waals surface area contributed by atoms with E-state index >= 15 is 0 Å². The Morgan fingerprint density at radius 3 is 2.86 bits per heavy atom. The molecule has 0 bridgehead atoms. The summed E-state index contributed by atoms with van der Waals surface area (Å²) in [4.78, 5) is 14.4. The van der Waals surface area contributed by atoms with E-state index in [1.807, 2.05) is 25.1 Å². The highest BCUT2D eigenvalue weighted by Crippen LogP contribution is 2.34. The van der Waals surface area contributed by atoms with Gasteiger partial charge in [-0.3, -0.25) is 9.00 Å². The van der Waals surface area contributed by atoms with Crippen LogP contribution in [0.5, 0.6) is 0 Å². The topological polar surface area (TPSA) is 61.8 Å². The van der Waals surface area contributed by atoms with Crippen LogP contribution in [-0.4, -0.2) is 27.7 Å². The van der Waals surface area contributed by atoms with Crippen LogP contribution >= 0.6 is 0 Å². The summed E-state index contributed by atoms with van der Waals surface area (Å²) in [6, 6.07) is 6.23. The summed E-state index contributed by atoms with van der Waals surface area (Å²) >= 11 is 0. The van der Waals surface area contributed by atoms with Crippen molar-refractivity contribution in [2.45, 2.75) is 38.1 Å². The Balaban J connectivity index is 2.02. The van der Waals surface area contributed by atoms with Crippen LogP contribution in [0.15, 0.2) is 28.2 Å². The van der Waals surface area contributed by atoms with E-state index in [2.05, 4.69) is 29.3 Å². The molecular weight excluding hydrogens is 286 g/mol. The maximum absolute atomic E-state index is 12.2. The Labute approximate surface area is 126 Å². The summed E-state index contributed by atoms with van der Waals surface area (Å²) in [6.45, 7) is 6.20. The van der Waals surface area contributed by atoms with Crippen molar-refractivity contribution in [1.29, 1.82) is 0 Å². The molecule has 2 heterocycles. The van der Waals surface area contributed by atoms with E-state index in [9.17, 15) is 9.00 Å². The second-order valence-corrected chi connectivity index (χ2v) is 7.25. The second kappa shape index (κ2) is 5.26. The maximum Gasteiger partial charge on any atom is 0.240 e. The van der Waals surface area contributed by atoms with Crippen LogP contribution in [0.1, 0.15) is 32.8 Å². The molecule has 1 aromatic carbocycles. The van der Waals surface area contributed by atoms with Gasteiger partial charge in [0.25, 0.3) is 0 Å². The Morgan fingerprint density at radius 1 is 1.43 bits per heavy atom. The van der Waals surface area contributed by atoms with E-state index < -0.39 is 10.8 Å². The van der Waals surface area contributed by atoms with Crippen molar-refractivity contribution < 1.29 is 9.00 Å². The molecule has 0 saturated heterocycles. The molecule has 0 spiro atoms. The van der Waals surface area contributed by atoms with E-state index in [-0.39, 0.29) is 11.8 Å². The molecule has 3 rings (SSSR count). The van der Waals surface area contributed by atoms with E-state index in [1.54, 1.807) is 0 Å². The third-order valence-electron chi connectivity index (χ3n) is 3.95. The van der Waals surface area contributed by atoms with Crippen molar-refractivity contribution in [1.82, 2.24) is 5.43 Å². The molecule has 2 atom stereocenters. The lowest BCUT2D eigenvalue weighted by Crippen LogP contribution is -2.32. The van der Waals surface area contributed by atoms with Gasteiger partial charge in [-0.2, -0.15) is 5.10 Å². The van der Waals surface area contributed by atoms with Crippen molar-refractivity contribution in [3.05, 3.63) is 23.8 Å². The van der Waals surface area contributed by atoms with Crippen molar-refractivity contribution in [3.63, 3.8) is 0 Å². The molecule has 0 aromatic heterocycles. The maximum atomic E-state index is 12.2. The summed E-state index contributed by atoms with van der Waals surface area (Å²) in [5.41, 5.74) is 5.45. The normalized spacial score (nSPS) is 24.9. The molecule has 1 N–H and O–H groups in total. The van der Waals surface area contributed by atoms with Crippen molar-refractivity contribution in [3.8, 4) is 0 Å². The largest absolute Gasteiger partial charge is 0.356 e. The Hall–Kier alpha value is -1.69. The van der Waals surface area contributed by atoms with Crippen LogP contribution < -0.4 is 10.3 Å². The molecule has 21 heavy (non-hydrogen) atoms. The molecule has 112 valence electrons. The highest BCUT2D eigenvalue weighted by atomic mass is 32.2. The van der Waals surface area contributed by atoms with Crippen LogP contribution in [0.3, 0.4) is 0 Å². The number of nitrogens with zero attached hydrogens (tertiary/aromatic N) is 2. The standard InChI is InChI=1S/C15H19N3O2S/c1-9(2)18-8-21(20)13-5-4-11(7-12(13)18)15-10(3)6-14(19)16-17-15/h4-5,7,9-10H,6,8H2,1-3H3,(H,16,19). The number of amides is 1. The lowest BCUT2D eigenvalue weighted by Gasteiger charge is -2.24. The molecule has 5 nitrogen and oxygen atoms in total. The molecule has 2 aliphatic heterocycles. The molecule has 1 amide bonds. The number of hydrogen-bond acceptors (Lipinski definition) is 4. The number of fused-ring (bicyclic) bond motifs is 1. The minimum Gasteiger partial charge on any atom is -0.356 e. The quantitative estimate of drug-likeness (QED) is 0.907. The van der Waals surface area contributed by atoms with Crippen molar-refractivity contribution >= 4 is 28.1 Å². The third-order valence-corrected chi connectivity index (χ3v) is 5.30. The van der Waals surface area contributed by atoms with E-state index in [1.165, 1.54) is 0 Å². The lowest BCUT2D eigenvalue weighted by molar-refractivity contribution is -0.121. The fourth-order valence-electron chi connectivity index (χ4n) is 2.79. The summed E-state index contributed by atoms with van der Waals surface area (Å²) in [6.07, 6.45) is 0.454. The molecule has 1 aromatic rings. The van der Waals surface area contributed by atoms with Crippen LogP contribution in [0.2, 0.25) is 0 Å². The van der Waals surface area contributed by atoms with E-state index in [0.29, 0.717) is 18.3 Å². The first-order valence-corrected chi connectivity index (χ1v) is 8.45. The lowest BCUT2D eigenvalue weighted by atomic mass is 9.94. The second-order valence-electron chi connectivity index (χ2n) is 5.86. The highest BCUT2D eigenvalue weighted by molar-refractivity contribution is 7.85. The molecular formula is C15H19N3O2S. The van der Waals surface area contributed by atoms with Gasteiger partial charge < -0.3 is 4.90 Å². The number of nitrogens with one attached hydrogen (secondary N) is 1. The monoisotopic (exact) mass is 305 g/mol. The van der Waals surface area contributed by atoms with Crippen LogP contribution in [0, 0.1) is 5.92 Å². The number of anilines is 1. The SMILES string of the molecule is CC1CC(=O)NN=C1c1ccc2c(c1)N(C(C)C)CS2=O. The minimum absolute atomic E-state index is 0.0441. The average Bonchev–Trinajstić information content (AvgIpc) is 2.76. The molecule has 2 aliphatic rings. The van der Waals surface area contributed by atoms with E-state index in [4.69, 9.17) is 0 Å². The van der Waals surface area contributed by atoms with Crippen LogP contribution in [0.4, 0.5) is 5.69 Å². The minimum atomic E-state index is -0.960. The predicted molar refractivity (Wildman–Crippen MR) is 83.8 cm³/mol. The molecule has 0 saturated carbocycles. The van der Waals surface area contributed by atoms with Gasteiger partial charge in [0.1, 0.15) is 0 Å². The van der Waals surface area contributed by atoms with Gasteiger partial charge in [-0.1, -0.05) is 13.0 Å². The summed E-state index contributed by atoms with van der Waals surface area (Å²) in [5, 5.41) is 4.20. The smallest absolute Gasteiger partial charge is 0.240 e. The first-order chi connectivity index (χ1) is 9.97. The number of carbonyl (C=O) groups excluding carboxylic acids is 1. The van der Waals surface area contributed by atoms with Crippen molar-refractivity contribution in [2.24, 2.45) is 11.0 Å². The van der Waals surface area contributed by atoms with E-state index in [0.717, 1.165) is 21.9 Å². The average molecular weight is 305 g/mol. The number of hydrazone groups is 1. The van der Waals surface area contributed by atoms with Gasteiger partial charge in [-0.25, -0.2) is 5.43 Å². The first kappa shape index (κ1) is 14.3. The van der Waals surface area contributed by atoms with Gasteiger partial charge in [-0.15, -0.1) is 0 Å².